The molecule has 0 radical (unpaired) electrons. The van der Waals surface area contributed by atoms with Crippen LogP contribution in [0.3, 0.4) is 0 Å². The van der Waals surface area contributed by atoms with Gasteiger partial charge in [-0.25, -0.2) is 4.98 Å². The zero-order valence-corrected chi connectivity index (χ0v) is 17.3. The van der Waals surface area contributed by atoms with Crippen molar-refractivity contribution >= 4 is 44.7 Å². The molecule has 5 nitrogen and oxygen atoms in total. The number of rotatable bonds is 5. The van der Waals surface area contributed by atoms with Gasteiger partial charge in [-0.2, -0.15) is 0 Å². The predicted octanol–water partition coefficient (Wildman–Crippen LogP) is 4.76. The zero-order valence-electron chi connectivity index (χ0n) is 15.6. The summed E-state index contributed by atoms with van der Waals surface area (Å²) in [7, 11) is 0. The number of hydrogen-bond donors (Lipinski definition) is 0. The van der Waals surface area contributed by atoms with Crippen LogP contribution in [0.1, 0.15) is 46.4 Å². The van der Waals surface area contributed by atoms with Crippen LogP contribution >= 0.6 is 23.1 Å². The average Bonchev–Trinajstić information content (AvgIpc) is 3.33. The van der Waals surface area contributed by atoms with Gasteiger partial charge >= 0.3 is 0 Å². The van der Waals surface area contributed by atoms with Crippen molar-refractivity contribution in [2.75, 3.05) is 5.75 Å². The fourth-order valence-electron chi connectivity index (χ4n) is 3.86. The van der Waals surface area contributed by atoms with Crippen molar-refractivity contribution in [3.05, 3.63) is 52.2 Å². The molecular formula is C21H20N4OS2. The van der Waals surface area contributed by atoms with Crippen molar-refractivity contribution < 1.29 is 4.79 Å². The minimum absolute atomic E-state index is 0.0994. The summed E-state index contributed by atoms with van der Waals surface area (Å²) >= 11 is 3.26. The summed E-state index contributed by atoms with van der Waals surface area (Å²) in [6.45, 7) is 2.10. The van der Waals surface area contributed by atoms with E-state index >= 15 is 0 Å². The van der Waals surface area contributed by atoms with E-state index in [0.29, 0.717) is 5.75 Å². The number of thioether (sulfide) groups is 1. The van der Waals surface area contributed by atoms with Gasteiger partial charge in [0.1, 0.15) is 10.7 Å². The van der Waals surface area contributed by atoms with Crippen molar-refractivity contribution in [3.8, 4) is 0 Å². The monoisotopic (exact) mass is 408 g/mol. The average molecular weight is 409 g/mol. The molecule has 0 saturated heterocycles. The van der Waals surface area contributed by atoms with Crippen LogP contribution in [0.4, 0.5) is 0 Å². The number of fused-ring (bicyclic) bond motifs is 5. The third kappa shape index (κ3) is 2.93. The number of thiophene rings is 1. The summed E-state index contributed by atoms with van der Waals surface area (Å²) < 4.78 is 2.06. The molecule has 3 heterocycles. The fraction of sp³-hybridized carbons (Fsp3) is 0.333. The predicted molar refractivity (Wildman–Crippen MR) is 114 cm³/mol. The highest BCUT2D eigenvalue weighted by molar-refractivity contribution is 7.99. The number of aromatic nitrogens is 4. The van der Waals surface area contributed by atoms with Crippen LogP contribution in [-0.4, -0.2) is 31.1 Å². The maximum atomic E-state index is 12.5. The Bertz CT molecular complexity index is 1180. The highest BCUT2D eigenvalue weighted by Crippen LogP contribution is 2.38. The van der Waals surface area contributed by atoms with Crippen LogP contribution in [0, 0.1) is 0 Å². The smallest absolute Gasteiger partial charge is 0.197 e. The van der Waals surface area contributed by atoms with E-state index in [0.717, 1.165) is 46.3 Å². The number of carbonyl (C=O) groups is 1. The molecule has 0 N–H and O–H groups in total. The number of Topliss-reactive ketones (excluding diaryl/α,β-unsaturated/α-hetero) is 1. The standard InChI is InChI=1S/C21H20N4OS2/c1-2-17-22-20-18(14-10-6-7-11-16(14)28-20)19-23-24-21(25(17)19)27-12-15(26)13-8-4-3-5-9-13/h3-5,8-9H,2,6-7,10-12H2,1H3. The van der Waals surface area contributed by atoms with Crippen LogP contribution < -0.4 is 0 Å². The Morgan fingerprint density at radius 3 is 2.82 bits per heavy atom. The Hall–Kier alpha value is -2.25. The third-order valence-corrected chi connectivity index (χ3v) is 7.36. The Morgan fingerprint density at radius 1 is 1.18 bits per heavy atom. The first-order valence-corrected chi connectivity index (χ1v) is 11.5. The van der Waals surface area contributed by atoms with E-state index < -0.39 is 0 Å². The molecule has 1 aliphatic rings. The molecule has 5 rings (SSSR count). The molecule has 28 heavy (non-hydrogen) atoms. The molecule has 0 unspecified atom stereocenters. The molecule has 0 fully saturated rings. The lowest BCUT2D eigenvalue weighted by Gasteiger charge is -2.11. The van der Waals surface area contributed by atoms with Gasteiger partial charge in [0.2, 0.25) is 0 Å². The van der Waals surface area contributed by atoms with Gasteiger partial charge in [0.05, 0.1) is 11.1 Å². The second kappa shape index (κ2) is 7.29. The first-order chi connectivity index (χ1) is 13.8. The lowest BCUT2D eigenvalue weighted by molar-refractivity contribution is 0.102. The third-order valence-electron chi connectivity index (χ3n) is 5.24. The molecule has 0 atom stereocenters. The molecule has 1 aliphatic carbocycles. The van der Waals surface area contributed by atoms with Crippen LogP contribution in [0.25, 0.3) is 15.9 Å². The first-order valence-electron chi connectivity index (χ1n) is 9.65. The van der Waals surface area contributed by atoms with Gasteiger partial charge in [-0.1, -0.05) is 49.0 Å². The minimum Gasteiger partial charge on any atom is -0.293 e. The van der Waals surface area contributed by atoms with Gasteiger partial charge in [0.25, 0.3) is 0 Å². The number of nitrogens with zero attached hydrogens (tertiary/aromatic N) is 4. The van der Waals surface area contributed by atoms with Crippen LogP contribution in [0.5, 0.6) is 0 Å². The summed E-state index contributed by atoms with van der Waals surface area (Å²) in [6.07, 6.45) is 5.52. The quantitative estimate of drug-likeness (QED) is 0.352. The molecule has 0 aliphatic heterocycles. The molecule has 0 bridgehead atoms. The van der Waals surface area contributed by atoms with Gasteiger partial charge in [-0.05, 0) is 31.2 Å². The topological polar surface area (TPSA) is 60.2 Å². The van der Waals surface area contributed by atoms with E-state index in [2.05, 4.69) is 21.5 Å². The molecule has 3 aromatic heterocycles. The summed E-state index contributed by atoms with van der Waals surface area (Å²) in [5.74, 6) is 1.40. The van der Waals surface area contributed by atoms with Gasteiger partial charge in [0.15, 0.2) is 16.6 Å². The second-order valence-electron chi connectivity index (χ2n) is 6.99. The Balaban J connectivity index is 1.56. The van der Waals surface area contributed by atoms with Crippen molar-refractivity contribution in [1.29, 1.82) is 0 Å². The highest BCUT2D eigenvalue weighted by atomic mass is 32.2. The molecule has 0 amide bonds. The molecule has 0 saturated carbocycles. The van der Waals surface area contributed by atoms with Crippen molar-refractivity contribution in [3.63, 3.8) is 0 Å². The summed E-state index contributed by atoms with van der Waals surface area (Å²) in [5.41, 5.74) is 3.04. The molecule has 0 spiro atoms. The summed E-state index contributed by atoms with van der Waals surface area (Å²) in [4.78, 5) is 20.0. The number of hydrogen-bond acceptors (Lipinski definition) is 6. The van der Waals surface area contributed by atoms with Crippen LogP contribution in [0.15, 0.2) is 35.5 Å². The number of ketones is 1. The summed E-state index contributed by atoms with van der Waals surface area (Å²) in [6, 6.07) is 9.40. The maximum Gasteiger partial charge on any atom is 0.197 e. The van der Waals surface area contributed by atoms with Crippen molar-refractivity contribution in [2.45, 2.75) is 44.2 Å². The number of aryl methyl sites for hydroxylation is 3. The van der Waals surface area contributed by atoms with Gasteiger partial charge < -0.3 is 0 Å². The Morgan fingerprint density at radius 2 is 2.00 bits per heavy atom. The van der Waals surface area contributed by atoms with E-state index in [1.165, 1.54) is 40.4 Å². The van der Waals surface area contributed by atoms with Gasteiger partial charge in [0, 0.05) is 16.9 Å². The number of carbonyl (C=O) groups excluding carboxylic acids is 1. The van der Waals surface area contributed by atoms with Gasteiger partial charge in [-0.3, -0.25) is 9.20 Å². The van der Waals surface area contributed by atoms with E-state index in [9.17, 15) is 4.79 Å². The Kier molecular flexibility index (Phi) is 4.64. The molecule has 4 aromatic rings. The molecular weight excluding hydrogens is 388 g/mol. The number of benzene rings is 1. The van der Waals surface area contributed by atoms with Crippen molar-refractivity contribution in [2.24, 2.45) is 0 Å². The van der Waals surface area contributed by atoms with E-state index in [4.69, 9.17) is 4.98 Å². The SMILES string of the molecule is CCc1nc2sc3c(c2c2nnc(SCC(=O)c4ccccc4)n12)CCCC3. The molecule has 7 heteroatoms. The molecule has 142 valence electrons. The lowest BCUT2D eigenvalue weighted by Crippen LogP contribution is -2.05. The first kappa shape index (κ1) is 17.8. The van der Waals surface area contributed by atoms with E-state index in [1.807, 2.05) is 41.7 Å². The fourth-order valence-corrected chi connectivity index (χ4v) is 5.98. The van der Waals surface area contributed by atoms with Crippen molar-refractivity contribution in [1.82, 2.24) is 19.6 Å². The van der Waals surface area contributed by atoms with E-state index in [-0.39, 0.29) is 5.78 Å². The minimum atomic E-state index is 0.0994. The van der Waals surface area contributed by atoms with Crippen LogP contribution in [-0.2, 0) is 19.3 Å². The molecule has 1 aromatic carbocycles. The lowest BCUT2D eigenvalue weighted by atomic mass is 9.97. The van der Waals surface area contributed by atoms with Crippen LogP contribution in [0.2, 0.25) is 0 Å². The summed E-state index contributed by atoms with van der Waals surface area (Å²) in [5, 5.41) is 10.9. The highest BCUT2D eigenvalue weighted by Gasteiger charge is 2.23. The normalized spacial score (nSPS) is 13.9. The second-order valence-corrected chi connectivity index (χ2v) is 9.02. The van der Waals surface area contributed by atoms with E-state index in [1.54, 1.807) is 0 Å². The maximum absolute atomic E-state index is 12.5. The Labute approximate surface area is 171 Å². The van der Waals surface area contributed by atoms with Gasteiger partial charge in [-0.15, -0.1) is 21.5 Å². The zero-order chi connectivity index (χ0) is 19.1. The largest absolute Gasteiger partial charge is 0.293 e.